The number of methoxy groups -OCH3 is 4. The third-order valence-corrected chi connectivity index (χ3v) is 25.2. The Morgan fingerprint density at radius 1 is 0.215 bits per heavy atom. The van der Waals surface area contributed by atoms with E-state index in [4.69, 9.17) is 18.9 Å². The van der Waals surface area contributed by atoms with E-state index < -0.39 is 275 Å². The maximum Gasteiger partial charge on any atom is 0.317 e. The molecule has 4 aliphatic heterocycles. The molecular weight excluding hydrogens is 1980 g/mol. The second-order valence-electron chi connectivity index (χ2n) is 37.1. The van der Waals surface area contributed by atoms with Gasteiger partial charge in [0.25, 0.3) is 0 Å². The van der Waals surface area contributed by atoms with Gasteiger partial charge in [-0.25, -0.2) is 0 Å². The van der Waals surface area contributed by atoms with Gasteiger partial charge in [0.15, 0.2) is 6.29 Å². The lowest BCUT2D eigenvalue weighted by atomic mass is 9.86. The third kappa shape index (κ3) is 59.4. The van der Waals surface area contributed by atoms with Gasteiger partial charge >= 0.3 is 65.7 Å². The Morgan fingerprint density at radius 3 is 0.450 bits per heavy atom. The summed E-state index contributed by atoms with van der Waals surface area (Å²) in [6, 6.07) is 0. The van der Waals surface area contributed by atoms with Crippen molar-refractivity contribution in [3.8, 4) is 0 Å². The van der Waals surface area contributed by atoms with Gasteiger partial charge in [0, 0.05) is 302 Å². The summed E-state index contributed by atoms with van der Waals surface area (Å²) in [5.74, 6) is -20.0. The van der Waals surface area contributed by atoms with E-state index in [0.717, 1.165) is 19.6 Å². The molecule has 60 heteroatoms. The number of β-amino-alcohol motifs (C(OH)–C–C–N with tert-alkyl or cyclic N) is 2. The molecule has 8 amide bonds. The van der Waals surface area contributed by atoms with Crippen LogP contribution < -0.4 is 21.3 Å². The normalized spacial score (nSPS) is 17.9. The molecule has 0 saturated carbocycles. The molecule has 4 aliphatic rings. The van der Waals surface area contributed by atoms with Crippen LogP contribution in [0, 0.1) is 5.41 Å². The first kappa shape index (κ1) is 130. The van der Waals surface area contributed by atoms with Crippen molar-refractivity contribution in [2.45, 2.75) is 6.29 Å². The van der Waals surface area contributed by atoms with Crippen molar-refractivity contribution in [3.05, 3.63) is 0 Å². The number of aliphatic carboxylic acids is 11. The van der Waals surface area contributed by atoms with Gasteiger partial charge in [0.2, 0.25) is 47.3 Å². The highest BCUT2D eigenvalue weighted by atomic mass is 16.5. The van der Waals surface area contributed by atoms with Crippen molar-refractivity contribution < 1.29 is 176 Å². The maximum absolute atomic E-state index is 15.2. The Hall–Kier alpha value is -10.9. The summed E-state index contributed by atoms with van der Waals surface area (Å²) >= 11 is 0. The van der Waals surface area contributed by atoms with E-state index in [1.54, 1.807) is 34.3 Å². The Kier molecular flexibility index (Phi) is 63.4. The summed E-state index contributed by atoms with van der Waals surface area (Å²) < 4.78 is 21.7. The number of ether oxygens (including phenoxy) is 4. The summed E-state index contributed by atoms with van der Waals surface area (Å²) in [6.07, 6.45) is -1.79. The maximum atomic E-state index is 15.2. The first-order valence-corrected chi connectivity index (χ1v) is 49.2. The SMILES string of the molecule is COCCN(CC(=O)NCC(CNC(=O)CN(CCOC)C(=O)CN1CCN(CC(=O)O)CCN(CC(=O)O)CCN(CC(=O)O)CC1)(CNC(=O)CN(CCOC)C(=O)CN1CCN(CC(=O)O)CCN(CC(=O)O)CCN(CC(=O)O)CC1)CNC(=O)CN(CCOC)C(=O)CN1CCN(CC(=O)O)CCN(CC(O)O)CCN(CC(=O)O)CC1)C(=O)CN1CCN(CC(=O)O)CCN(CC(=O)O)CCN(CC(=O)O)CC1. The van der Waals surface area contributed by atoms with E-state index in [0.29, 0.717) is 0 Å². The van der Waals surface area contributed by atoms with E-state index in [9.17, 15) is 119 Å². The standard InChI is InChI=1S/C89H158N24O36/c1-146-41-37-110(73(118)49-94-5-13-98(53-77(122)123)21-29-106(61-85(138)139)30-22-99(14-6-94)54-78(124)125)45-69(114)90-65-89(66-91-70(115)46-111(38-42-147-2)74(119)50-95-7-15-100(55-79(126)127)23-31-107(62-86(140)141)32-24-101(16-8-95)56-80(128)129,67-92-71(116)47-112(39-43-148-3)75(120)51-96-9-17-102(57-81(130)131)25-33-108(63-87(142)143)34-26-103(18-10-96)58-82(132)133)68-93-72(117)48-113(40-44-149-4)76(121)52-97-11-19-104(59-83(134)135)27-35-109(64-88(144)145)36-28-105(20-12-97)60-84(136)137/h85,138-139H,5-68H2,1-4H3,(H,90,114)(H,91,115)(H,92,116)(H,93,117)(H,122,123)(H,124,125)(H,126,127)(H,128,129)(H,130,131)(H,132,133)(H,134,135)(H,136,137)(H,140,141)(H,142,143)(H,144,145). The molecule has 0 aromatic heterocycles. The molecular formula is C89H158N24O36. The second-order valence-corrected chi connectivity index (χ2v) is 37.1. The van der Waals surface area contributed by atoms with Crippen LogP contribution in [-0.4, -0.2) is 731 Å². The predicted octanol–water partition coefficient (Wildman–Crippen LogP) is -14.5. The van der Waals surface area contributed by atoms with E-state index in [2.05, 4.69) is 21.3 Å². The van der Waals surface area contributed by atoms with Crippen LogP contribution in [0.3, 0.4) is 0 Å². The molecule has 0 radical (unpaired) electrons. The van der Waals surface area contributed by atoms with Crippen molar-refractivity contribution in [1.29, 1.82) is 0 Å². The molecule has 60 nitrogen and oxygen atoms in total. The van der Waals surface area contributed by atoms with Crippen molar-refractivity contribution in [2.24, 2.45) is 5.41 Å². The summed E-state index contributed by atoms with van der Waals surface area (Å²) in [6.45, 7) is -14.9. The average Bonchev–Trinajstić information content (AvgIpc) is 0.836. The van der Waals surface area contributed by atoms with Crippen molar-refractivity contribution in [2.75, 3.05) is 448 Å². The Labute approximate surface area is 864 Å². The lowest BCUT2D eigenvalue weighted by molar-refractivity contribution is -0.141. The molecule has 0 unspecified atom stereocenters. The van der Waals surface area contributed by atoms with Gasteiger partial charge in [-0.1, -0.05) is 0 Å². The highest BCUT2D eigenvalue weighted by Gasteiger charge is 2.38. The van der Waals surface area contributed by atoms with Crippen LogP contribution in [0.2, 0.25) is 0 Å². The molecule has 4 heterocycles. The lowest BCUT2D eigenvalue weighted by Gasteiger charge is -2.36. The smallest absolute Gasteiger partial charge is 0.317 e. The van der Waals surface area contributed by atoms with E-state index in [1.807, 2.05) is 0 Å². The zero-order chi connectivity index (χ0) is 111. The minimum absolute atomic E-state index is 0.00608. The fraction of sp³-hybridized carbons (Fsp3) is 0.787. The molecule has 850 valence electrons. The van der Waals surface area contributed by atoms with E-state index in [1.165, 1.54) is 72.5 Å². The van der Waals surface area contributed by atoms with Crippen LogP contribution in [0.5, 0.6) is 0 Å². The molecule has 0 bridgehead atoms. The van der Waals surface area contributed by atoms with E-state index in [-0.39, 0.29) is 269 Å². The number of nitrogens with zero attached hydrogens (tertiary/aromatic N) is 20. The Bertz CT molecular complexity index is 3760. The summed E-state index contributed by atoms with van der Waals surface area (Å²) in [4.78, 5) is 285. The number of nitrogens with one attached hydrogen (secondary N) is 4. The molecule has 4 rings (SSSR count). The highest BCUT2D eigenvalue weighted by molar-refractivity contribution is 5.89. The minimum atomic E-state index is -1.98. The predicted molar refractivity (Wildman–Crippen MR) is 524 cm³/mol. The average molecular weight is 2140 g/mol. The number of carboxylic acids is 11. The van der Waals surface area contributed by atoms with Crippen molar-refractivity contribution >= 4 is 113 Å². The Morgan fingerprint density at radius 2 is 0.336 bits per heavy atom. The number of aliphatic hydroxyl groups excluding tert-OH is 1. The van der Waals surface area contributed by atoms with Crippen LogP contribution in [0.1, 0.15) is 0 Å². The molecule has 149 heavy (non-hydrogen) atoms. The Balaban J connectivity index is 1.99. The van der Waals surface area contributed by atoms with Crippen LogP contribution in [0.25, 0.3) is 0 Å². The molecule has 17 N–H and O–H groups in total. The van der Waals surface area contributed by atoms with Crippen LogP contribution in [0.4, 0.5) is 0 Å². The van der Waals surface area contributed by atoms with Crippen molar-refractivity contribution in [3.63, 3.8) is 0 Å². The van der Waals surface area contributed by atoms with Gasteiger partial charge in [-0.2, -0.15) is 0 Å². The molecule has 4 fully saturated rings. The highest BCUT2D eigenvalue weighted by Crippen LogP contribution is 2.17. The van der Waals surface area contributed by atoms with Crippen LogP contribution >= 0.6 is 0 Å². The molecule has 0 spiro atoms. The second kappa shape index (κ2) is 72.5. The number of aliphatic hydroxyl groups is 2. The third-order valence-electron chi connectivity index (χ3n) is 25.2. The number of rotatable bonds is 60. The van der Waals surface area contributed by atoms with Crippen LogP contribution in [-0.2, 0) is 110 Å². The summed E-state index contributed by atoms with van der Waals surface area (Å²) in [5.41, 5.74) is -1.98. The summed E-state index contributed by atoms with van der Waals surface area (Å²) in [5, 5.41) is 140. The minimum Gasteiger partial charge on any atom is -0.480 e. The summed E-state index contributed by atoms with van der Waals surface area (Å²) in [7, 11) is 5.24. The number of amides is 8. The largest absolute Gasteiger partial charge is 0.480 e. The first-order chi connectivity index (χ1) is 70.7. The quantitative estimate of drug-likeness (QED) is 0.0251. The first-order valence-electron chi connectivity index (χ1n) is 49.2. The lowest BCUT2D eigenvalue weighted by Crippen LogP contribution is -2.59. The number of hydrogen-bond acceptors (Lipinski definition) is 41. The zero-order valence-corrected chi connectivity index (χ0v) is 86.0. The monoisotopic (exact) mass is 2140 g/mol. The fourth-order valence-electron chi connectivity index (χ4n) is 16.8. The number of carbonyl (C=O) groups is 19. The number of hydrogen-bond donors (Lipinski definition) is 17. The topological polar surface area (TPSA) is 737 Å². The van der Waals surface area contributed by atoms with Gasteiger partial charge in [-0.05, 0) is 0 Å². The number of carboxylic acid groups (broad SMARTS) is 11. The van der Waals surface area contributed by atoms with Gasteiger partial charge in [0.05, 0.1) is 151 Å². The van der Waals surface area contributed by atoms with Crippen molar-refractivity contribution in [1.82, 2.24) is 119 Å². The van der Waals surface area contributed by atoms with Gasteiger partial charge in [-0.15, -0.1) is 0 Å². The van der Waals surface area contributed by atoms with E-state index >= 15 is 38.4 Å². The molecule has 0 atom stereocenters. The van der Waals surface area contributed by atoms with Gasteiger partial charge in [-0.3, -0.25) is 169 Å². The molecule has 0 aromatic rings. The number of carbonyl (C=O) groups excluding carboxylic acids is 8. The van der Waals surface area contributed by atoms with Crippen LogP contribution in [0.15, 0.2) is 0 Å². The molecule has 4 saturated heterocycles. The molecule has 0 aromatic carbocycles. The van der Waals surface area contributed by atoms with Gasteiger partial charge in [0.1, 0.15) is 0 Å². The van der Waals surface area contributed by atoms with Gasteiger partial charge < -0.3 is 126 Å². The zero-order valence-electron chi connectivity index (χ0n) is 86.0. The molecule has 0 aliphatic carbocycles. The fourth-order valence-corrected chi connectivity index (χ4v) is 16.8.